The molecule has 0 fully saturated rings. The van der Waals surface area contributed by atoms with Crippen LogP contribution >= 0.6 is 11.3 Å². The highest BCUT2D eigenvalue weighted by Crippen LogP contribution is 2.24. The smallest absolute Gasteiger partial charge is 0.323 e. The number of rotatable bonds is 5. The number of amides is 3. The molecule has 1 aromatic carbocycles. The zero-order valence-electron chi connectivity index (χ0n) is 14.8. The summed E-state index contributed by atoms with van der Waals surface area (Å²) in [5.74, 6) is -0.289. The van der Waals surface area contributed by atoms with Gasteiger partial charge in [0.1, 0.15) is 12.2 Å². The fourth-order valence-corrected chi connectivity index (χ4v) is 2.89. The summed E-state index contributed by atoms with van der Waals surface area (Å²) in [7, 11) is 1.53. The lowest BCUT2D eigenvalue weighted by atomic mass is 10.2. The molecule has 0 unspecified atom stereocenters. The highest BCUT2D eigenvalue weighted by atomic mass is 32.1. The molecule has 0 bridgehead atoms. The molecule has 0 spiro atoms. The van der Waals surface area contributed by atoms with Crippen molar-refractivity contribution in [1.82, 2.24) is 20.1 Å². The molecule has 3 amide bonds. The van der Waals surface area contributed by atoms with Crippen LogP contribution in [-0.4, -0.2) is 45.6 Å². The zero-order valence-corrected chi connectivity index (χ0v) is 15.7. The van der Waals surface area contributed by atoms with Gasteiger partial charge in [-0.3, -0.25) is 15.1 Å². The van der Waals surface area contributed by atoms with E-state index in [1.165, 1.54) is 23.3 Å². The number of hydrogen-bond acceptors (Lipinski definition) is 6. The Morgan fingerprint density at radius 2 is 1.85 bits per heavy atom. The molecule has 0 saturated heterocycles. The van der Waals surface area contributed by atoms with Gasteiger partial charge in [-0.15, -0.1) is 10.2 Å². The van der Waals surface area contributed by atoms with Crippen molar-refractivity contribution in [1.29, 1.82) is 0 Å². The number of nitrogens with one attached hydrogen (secondary N) is 2. The number of carbonyl (C=O) groups is 2. The van der Waals surface area contributed by atoms with Crippen molar-refractivity contribution in [2.45, 2.75) is 6.92 Å². The van der Waals surface area contributed by atoms with Gasteiger partial charge in [0.2, 0.25) is 11.0 Å². The molecule has 8 nitrogen and oxygen atoms in total. The zero-order chi connectivity index (χ0) is 19.2. The van der Waals surface area contributed by atoms with E-state index in [1.54, 1.807) is 6.20 Å². The van der Waals surface area contributed by atoms with Gasteiger partial charge in [0.15, 0.2) is 5.01 Å². The SMILES string of the molecule is Cc1ccc(NC(=O)CN(C)C(=O)Nc2nnc(-c3ccccn3)s2)cc1. The van der Waals surface area contributed by atoms with Gasteiger partial charge in [0, 0.05) is 18.9 Å². The fraction of sp³-hybridized carbons (Fsp3) is 0.167. The van der Waals surface area contributed by atoms with Gasteiger partial charge in [-0.1, -0.05) is 35.1 Å². The molecule has 0 aliphatic rings. The van der Waals surface area contributed by atoms with E-state index in [2.05, 4.69) is 25.8 Å². The average molecular weight is 382 g/mol. The van der Waals surface area contributed by atoms with E-state index in [-0.39, 0.29) is 12.5 Å². The van der Waals surface area contributed by atoms with E-state index in [0.29, 0.717) is 21.5 Å². The standard InChI is InChI=1S/C18H18N6O2S/c1-12-6-8-13(9-7-12)20-15(25)11-24(2)18(26)21-17-23-22-16(27-17)14-5-3-4-10-19-14/h3-10H,11H2,1-2H3,(H,20,25)(H,21,23,26). The molecule has 3 rings (SSSR count). The molecule has 0 radical (unpaired) electrons. The largest absolute Gasteiger partial charge is 0.325 e. The van der Waals surface area contributed by atoms with Gasteiger partial charge in [-0.05, 0) is 31.2 Å². The Labute approximate surface area is 160 Å². The summed E-state index contributed by atoms with van der Waals surface area (Å²) in [5, 5.41) is 14.3. The third-order valence-corrected chi connectivity index (χ3v) is 4.45. The summed E-state index contributed by atoms with van der Waals surface area (Å²) in [6.07, 6.45) is 1.66. The Balaban J connectivity index is 1.54. The summed E-state index contributed by atoms with van der Waals surface area (Å²) in [6, 6.07) is 12.5. The van der Waals surface area contributed by atoms with Crippen LogP contribution in [0.15, 0.2) is 48.7 Å². The van der Waals surface area contributed by atoms with Crippen LogP contribution in [0.1, 0.15) is 5.56 Å². The maximum absolute atomic E-state index is 12.2. The van der Waals surface area contributed by atoms with Crippen LogP contribution in [0.4, 0.5) is 15.6 Å². The van der Waals surface area contributed by atoms with Gasteiger partial charge in [-0.2, -0.15) is 0 Å². The first-order valence-electron chi connectivity index (χ1n) is 8.15. The first-order chi connectivity index (χ1) is 13.0. The Kier molecular flexibility index (Phi) is 5.72. The maximum Gasteiger partial charge on any atom is 0.323 e. The van der Waals surface area contributed by atoms with E-state index in [4.69, 9.17) is 0 Å². The highest BCUT2D eigenvalue weighted by Gasteiger charge is 2.16. The Bertz CT molecular complexity index is 927. The minimum Gasteiger partial charge on any atom is -0.325 e. The predicted molar refractivity (Wildman–Crippen MR) is 105 cm³/mol. The first-order valence-corrected chi connectivity index (χ1v) is 8.96. The topological polar surface area (TPSA) is 100 Å². The molecule has 0 atom stereocenters. The maximum atomic E-state index is 12.2. The number of aromatic nitrogens is 3. The minimum atomic E-state index is -0.447. The van der Waals surface area contributed by atoms with E-state index in [9.17, 15) is 9.59 Å². The lowest BCUT2D eigenvalue weighted by molar-refractivity contribution is -0.116. The van der Waals surface area contributed by atoms with Crippen LogP contribution < -0.4 is 10.6 Å². The monoisotopic (exact) mass is 382 g/mol. The third kappa shape index (κ3) is 5.08. The summed E-state index contributed by atoms with van der Waals surface area (Å²) in [4.78, 5) is 29.8. The lowest BCUT2D eigenvalue weighted by Crippen LogP contribution is -2.37. The number of likely N-dealkylation sites (N-methyl/N-ethyl adjacent to an activating group) is 1. The van der Waals surface area contributed by atoms with Gasteiger partial charge < -0.3 is 10.2 Å². The van der Waals surface area contributed by atoms with Crippen LogP contribution in [0, 0.1) is 6.92 Å². The Morgan fingerprint density at radius 3 is 2.56 bits per heavy atom. The van der Waals surface area contributed by atoms with Gasteiger partial charge in [0.05, 0.1) is 0 Å². The molecule has 138 valence electrons. The van der Waals surface area contributed by atoms with Crippen molar-refractivity contribution in [2.75, 3.05) is 24.2 Å². The van der Waals surface area contributed by atoms with Crippen molar-refractivity contribution >= 4 is 34.1 Å². The van der Waals surface area contributed by atoms with Crippen LogP contribution in [-0.2, 0) is 4.79 Å². The summed E-state index contributed by atoms with van der Waals surface area (Å²) >= 11 is 1.21. The average Bonchev–Trinajstić information content (AvgIpc) is 3.12. The number of carbonyl (C=O) groups excluding carboxylic acids is 2. The molecule has 3 aromatic rings. The molecule has 0 aliphatic carbocycles. The van der Waals surface area contributed by atoms with Crippen LogP contribution in [0.25, 0.3) is 10.7 Å². The predicted octanol–water partition coefficient (Wildman–Crippen LogP) is 3.01. The number of hydrogen-bond donors (Lipinski definition) is 2. The third-order valence-electron chi connectivity index (χ3n) is 3.59. The van der Waals surface area contributed by atoms with E-state index in [1.807, 2.05) is 49.4 Å². The molecule has 0 saturated carbocycles. The fourth-order valence-electron chi connectivity index (χ4n) is 2.18. The molecule has 27 heavy (non-hydrogen) atoms. The molecule has 2 aromatic heterocycles. The van der Waals surface area contributed by atoms with Crippen molar-refractivity contribution in [3.63, 3.8) is 0 Å². The molecule has 2 N–H and O–H groups in total. The number of urea groups is 1. The summed E-state index contributed by atoms with van der Waals surface area (Å²) in [5.41, 5.74) is 2.47. The Hall–Kier alpha value is -3.33. The highest BCUT2D eigenvalue weighted by molar-refractivity contribution is 7.18. The van der Waals surface area contributed by atoms with Gasteiger partial charge in [0.25, 0.3) is 0 Å². The van der Waals surface area contributed by atoms with Crippen LogP contribution in [0.2, 0.25) is 0 Å². The number of benzene rings is 1. The summed E-state index contributed by atoms with van der Waals surface area (Å²) < 4.78 is 0. The van der Waals surface area contributed by atoms with Crippen molar-refractivity contribution in [3.05, 3.63) is 54.2 Å². The second-order valence-corrected chi connectivity index (χ2v) is 6.81. The van der Waals surface area contributed by atoms with E-state index in [0.717, 1.165) is 5.56 Å². The molecular formula is C18H18N6O2S. The molecule has 2 heterocycles. The van der Waals surface area contributed by atoms with Crippen LogP contribution in [0.3, 0.4) is 0 Å². The first kappa shape index (κ1) is 18.5. The van der Waals surface area contributed by atoms with Crippen molar-refractivity contribution < 1.29 is 9.59 Å². The Morgan fingerprint density at radius 1 is 1.07 bits per heavy atom. The van der Waals surface area contributed by atoms with Crippen molar-refractivity contribution in [2.24, 2.45) is 0 Å². The van der Waals surface area contributed by atoms with E-state index < -0.39 is 6.03 Å². The lowest BCUT2D eigenvalue weighted by Gasteiger charge is -2.16. The minimum absolute atomic E-state index is 0.0917. The number of aryl methyl sites for hydroxylation is 1. The number of pyridine rings is 1. The normalized spacial score (nSPS) is 10.3. The number of nitrogens with zero attached hydrogens (tertiary/aromatic N) is 4. The summed E-state index contributed by atoms with van der Waals surface area (Å²) in [6.45, 7) is 1.88. The quantitative estimate of drug-likeness (QED) is 0.706. The second-order valence-electron chi connectivity index (χ2n) is 5.83. The van der Waals surface area contributed by atoms with Crippen LogP contribution in [0.5, 0.6) is 0 Å². The molecule has 9 heteroatoms. The number of anilines is 2. The second kappa shape index (κ2) is 8.37. The van der Waals surface area contributed by atoms with Gasteiger partial charge in [-0.25, -0.2) is 4.79 Å². The molecular weight excluding hydrogens is 364 g/mol. The van der Waals surface area contributed by atoms with Gasteiger partial charge >= 0.3 is 6.03 Å². The van der Waals surface area contributed by atoms with E-state index >= 15 is 0 Å². The molecule has 0 aliphatic heterocycles. The van der Waals surface area contributed by atoms with Crippen molar-refractivity contribution in [3.8, 4) is 10.7 Å².